The molecule has 0 bridgehead atoms. The van der Waals surface area contributed by atoms with Crippen molar-refractivity contribution in [3.8, 4) is 0 Å². The molecule has 1 saturated heterocycles. The summed E-state index contributed by atoms with van der Waals surface area (Å²) in [4.78, 5) is 19.2. The van der Waals surface area contributed by atoms with Gasteiger partial charge in [0.1, 0.15) is 5.69 Å². The van der Waals surface area contributed by atoms with Gasteiger partial charge < -0.3 is 4.90 Å². The van der Waals surface area contributed by atoms with Crippen molar-refractivity contribution < 1.29 is 13.2 Å². The SMILES string of the molecule is O=C(c1csc(NS(=O)(=O)c2ccccc2)n1)N1CCCC1c1ccccc1. The second-order valence-electron chi connectivity index (χ2n) is 6.52. The Hall–Kier alpha value is -2.71. The zero-order chi connectivity index (χ0) is 19.6. The molecule has 2 aromatic carbocycles. The van der Waals surface area contributed by atoms with E-state index < -0.39 is 10.0 Å². The molecule has 2 heterocycles. The van der Waals surface area contributed by atoms with Gasteiger partial charge in [-0.1, -0.05) is 48.5 Å². The van der Waals surface area contributed by atoms with Crippen molar-refractivity contribution in [3.05, 3.63) is 77.3 Å². The Bertz CT molecular complexity index is 1070. The van der Waals surface area contributed by atoms with Gasteiger partial charge in [0, 0.05) is 11.9 Å². The van der Waals surface area contributed by atoms with E-state index in [9.17, 15) is 13.2 Å². The number of nitrogens with one attached hydrogen (secondary N) is 1. The predicted octanol–water partition coefficient (Wildman–Crippen LogP) is 3.92. The first kappa shape index (κ1) is 18.6. The van der Waals surface area contributed by atoms with Crippen molar-refractivity contribution in [2.45, 2.75) is 23.8 Å². The van der Waals surface area contributed by atoms with Gasteiger partial charge in [-0.25, -0.2) is 13.4 Å². The topological polar surface area (TPSA) is 79.4 Å². The molecule has 1 unspecified atom stereocenters. The Morgan fingerprint density at radius 3 is 2.46 bits per heavy atom. The number of rotatable bonds is 5. The summed E-state index contributed by atoms with van der Waals surface area (Å²) in [5, 5.41) is 1.79. The second-order valence-corrected chi connectivity index (χ2v) is 9.06. The fraction of sp³-hybridized carbons (Fsp3) is 0.200. The van der Waals surface area contributed by atoms with E-state index in [2.05, 4.69) is 9.71 Å². The third kappa shape index (κ3) is 3.79. The lowest BCUT2D eigenvalue weighted by Gasteiger charge is -2.24. The lowest BCUT2D eigenvalue weighted by atomic mass is 10.0. The Morgan fingerprint density at radius 2 is 1.75 bits per heavy atom. The lowest BCUT2D eigenvalue weighted by Crippen LogP contribution is -2.30. The van der Waals surface area contributed by atoms with Gasteiger partial charge in [0.25, 0.3) is 15.9 Å². The molecular weight excluding hydrogens is 394 g/mol. The summed E-state index contributed by atoms with van der Waals surface area (Å²) < 4.78 is 27.3. The molecule has 4 rings (SSSR count). The molecule has 1 atom stereocenters. The van der Waals surface area contributed by atoms with Crippen molar-refractivity contribution in [2.24, 2.45) is 0 Å². The minimum atomic E-state index is -3.73. The third-order valence-electron chi connectivity index (χ3n) is 4.70. The highest BCUT2D eigenvalue weighted by molar-refractivity contribution is 7.93. The van der Waals surface area contributed by atoms with Crippen LogP contribution >= 0.6 is 11.3 Å². The summed E-state index contributed by atoms with van der Waals surface area (Å²) in [5.41, 5.74) is 1.37. The first-order valence-corrected chi connectivity index (χ1v) is 11.3. The molecule has 0 saturated carbocycles. The van der Waals surface area contributed by atoms with Crippen LogP contribution in [0.15, 0.2) is 70.9 Å². The van der Waals surface area contributed by atoms with Crippen LogP contribution in [0.3, 0.4) is 0 Å². The number of nitrogens with zero attached hydrogens (tertiary/aromatic N) is 2. The Labute approximate surface area is 167 Å². The van der Waals surface area contributed by atoms with Crippen LogP contribution in [0.25, 0.3) is 0 Å². The molecule has 8 heteroatoms. The van der Waals surface area contributed by atoms with Crippen molar-refractivity contribution in [1.29, 1.82) is 0 Å². The van der Waals surface area contributed by atoms with Gasteiger partial charge in [-0.3, -0.25) is 9.52 Å². The maximum absolute atomic E-state index is 13.0. The number of hydrogen-bond acceptors (Lipinski definition) is 5. The van der Waals surface area contributed by atoms with Gasteiger partial charge in [0.2, 0.25) is 0 Å². The summed E-state index contributed by atoms with van der Waals surface area (Å²) >= 11 is 1.11. The molecule has 6 nitrogen and oxygen atoms in total. The van der Waals surface area contributed by atoms with Gasteiger partial charge in [-0.15, -0.1) is 11.3 Å². The minimum absolute atomic E-state index is 0.0276. The van der Waals surface area contributed by atoms with Crippen molar-refractivity contribution >= 4 is 32.4 Å². The van der Waals surface area contributed by atoms with Crippen molar-refractivity contribution in [2.75, 3.05) is 11.3 Å². The van der Waals surface area contributed by atoms with Crippen LogP contribution in [0.1, 0.15) is 34.9 Å². The first-order valence-electron chi connectivity index (χ1n) is 8.94. The van der Waals surface area contributed by atoms with Crippen molar-refractivity contribution in [1.82, 2.24) is 9.88 Å². The summed E-state index contributed by atoms with van der Waals surface area (Å²) in [6.45, 7) is 0.668. The van der Waals surface area contributed by atoms with Crippen LogP contribution in [-0.4, -0.2) is 30.8 Å². The molecule has 1 aliphatic heterocycles. The standard InChI is InChI=1S/C20H19N3O3S2/c24-19(23-13-7-12-18(23)15-8-3-1-4-9-15)17-14-27-20(21-17)22-28(25,26)16-10-5-2-6-11-16/h1-6,8-11,14,18H,7,12-13H2,(H,21,22). The zero-order valence-electron chi connectivity index (χ0n) is 15.0. The molecule has 144 valence electrons. The number of hydrogen-bond donors (Lipinski definition) is 1. The maximum atomic E-state index is 13.0. The summed E-state index contributed by atoms with van der Waals surface area (Å²) in [6.07, 6.45) is 1.84. The quantitative estimate of drug-likeness (QED) is 0.688. The van der Waals surface area contributed by atoms with Crippen LogP contribution in [-0.2, 0) is 10.0 Å². The average Bonchev–Trinajstić information content (AvgIpc) is 3.38. The number of aromatic nitrogens is 1. The van der Waals surface area contributed by atoms with Crippen LogP contribution < -0.4 is 4.72 Å². The highest BCUT2D eigenvalue weighted by atomic mass is 32.2. The molecular formula is C20H19N3O3S2. The van der Waals surface area contributed by atoms with Crippen LogP contribution in [0, 0.1) is 0 Å². The average molecular weight is 414 g/mol. The number of benzene rings is 2. The summed E-state index contributed by atoms with van der Waals surface area (Å²) in [7, 11) is -3.73. The molecule has 0 spiro atoms. The highest BCUT2D eigenvalue weighted by Gasteiger charge is 2.31. The third-order valence-corrected chi connectivity index (χ3v) is 6.94. The summed E-state index contributed by atoms with van der Waals surface area (Å²) in [5.74, 6) is -0.173. The normalized spacial score (nSPS) is 16.9. The lowest BCUT2D eigenvalue weighted by molar-refractivity contribution is 0.0730. The van der Waals surface area contributed by atoms with Gasteiger partial charge >= 0.3 is 0 Å². The van der Waals surface area contributed by atoms with E-state index in [1.165, 1.54) is 12.1 Å². The van der Waals surface area contributed by atoms with Crippen LogP contribution in [0.4, 0.5) is 5.13 Å². The zero-order valence-corrected chi connectivity index (χ0v) is 16.6. The Kier molecular flexibility index (Phi) is 5.15. The molecule has 1 N–H and O–H groups in total. The molecule has 1 aliphatic rings. The highest BCUT2D eigenvalue weighted by Crippen LogP contribution is 2.33. The Morgan fingerprint density at radius 1 is 1.07 bits per heavy atom. The van der Waals surface area contributed by atoms with E-state index in [-0.39, 0.29) is 27.7 Å². The number of carbonyl (C=O) groups excluding carboxylic acids is 1. The molecule has 1 amide bonds. The molecule has 28 heavy (non-hydrogen) atoms. The first-order chi connectivity index (χ1) is 13.5. The van der Waals surface area contributed by atoms with Gasteiger partial charge in [-0.05, 0) is 30.5 Å². The number of amides is 1. The number of thiazole rings is 1. The molecule has 1 aromatic heterocycles. The van der Waals surface area contributed by atoms with E-state index in [0.29, 0.717) is 6.54 Å². The monoisotopic (exact) mass is 413 g/mol. The van der Waals surface area contributed by atoms with E-state index in [1.807, 2.05) is 35.2 Å². The molecule has 1 fully saturated rings. The predicted molar refractivity (Wildman–Crippen MR) is 109 cm³/mol. The number of carbonyl (C=O) groups is 1. The Balaban J connectivity index is 1.52. The maximum Gasteiger partial charge on any atom is 0.273 e. The number of sulfonamides is 1. The van der Waals surface area contributed by atoms with Crippen molar-refractivity contribution in [3.63, 3.8) is 0 Å². The fourth-order valence-corrected chi connectivity index (χ4v) is 5.33. The smallest absolute Gasteiger partial charge is 0.273 e. The van der Waals surface area contributed by atoms with E-state index in [4.69, 9.17) is 0 Å². The van der Waals surface area contributed by atoms with Gasteiger partial charge in [-0.2, -0.15) is 0 Å². The van der Waals surface area contributed by atoms with E-state index in [0.717, 1.165) is 29.7 Å². The van der Waals surface area contributed by atoms with E-state index >= 15 is 0 Å². The minimum Gasteiger partial charge on any atom is -0.330 e. The van der Waals surface area contributed by atoms with Gasteiger partial charge in [0.15, 0.2) is 5.13 Å². The molecule has 0 aliphatic carbocycles. The molecule has 3 aromatic rings. The number of likely N-dealkylation sites (tertiary alicyclic amines) is 1. The fourth-order valence-electron chi connectivity index (χ4n) is 3.37. The molecule has 0 radical (unpaired) electrons. The van der Waals surface area contributed by atoms with Crippen LogP contribution in [0.2, 0.25) is 0 Å². The van der Waals surface area contributed by atoms with E-state index in [1.54, 1.807) is 23.6 Å². The number of anilines is 1. The van der Waals surface area contributed by atoms with Crippen LogP contribution in [0.5, 0.6) is 0 Å². The largest absolute Gasteiger partial charge is 0.330 e. The van der Waals surface area contributed by atoms with Gasteiger partial charge in [0.05, 0.1) is 10.9 Å². The second kappa shape index (κ2) is 7.73. The summed E-state index contributed by atoms with van der Waals surface area (Å²) in [6, 6.07) is 18.0.